The number of carboxylic acid groups (broad SMARTS) is 1. The van der Waals surface area contributed by atoms with E-state index in [1.807, 2.05) is 0 Å². The van der Waals surface area contributed by atoms with Gasteiger partial charge >= 0.3 is 5.97 Å². The van der Waals surface area contributed by atoms with Crippen molar-refractivity contribution in [3.8, 4) is 16.8 Å². The third kappa shape index (κ3) is 3.24. The lowest BCUT2D eigenvalue weighted by Crippen LogP contribution is -2.04. The summed E-state index contributed by atoms with van der Waals surface area (Å²) in [6.45, 7) is 0. The maximum Gasteiger partial charge on any atom is 0.337 e. The Morgan fingerprint density at radius 2 is 1.69 bits per heavy atom. The summed E-state index contributed by atoms with van der Waals surface area (Å²) in [7, 11) is 0. The monoisotopic (exact) mass is 478 g/mol. The third-order valence-corrected chi connectivity index (χ3v) is 6.13. The highest BCUT2D eigenvalue weighted by Gasteiger charge is 2.32. The van der Waals surface area contributed by atoms with Gasteiger partial charge in [-0.05, 0) is 54.8 Å². The minimum Gasteiger partial charge on any atom is -0.478 e. The van der Waals surface area contributed by atoms with Gasteiger partial charge in [-0.15, -0.1) is 0 Å². The Morgan fingerprint density at radius 1 is 0.943 bits per heavy atom. The summed E-state index contributed by atoms with van der Waals surface area (Å²) in [5, 5.41) is 9.81. The Hall–Kier alpha value is -4.34. The van der Waals surface area contributed by atoms with Crippen LogP contribution in [0, 0.1) is 23.4 Å². The van der Waals surface area contributed by atoms with Crippen molar-refractivity contribution >= 4 is 27.9 Å². The highest BCUT2D eigenvalue weighted by atomic mass is 19.2. The van der Waals surface area contributed by atoms with Gasteiger partial charge in [-0.1, -0.05) is 0 Å². The van der Waals surface area contributed by atoms with Crippen molar-refractivity contribution in [1.82, 2.24) is 19.5 Å². The summed E-state index contributed by atoms with van der Waals surface area (Å²) in [6.07, 6.45) is 3.95. The Bertz CT molecular complexity index is 1700. The van der Waals surface area contributed by atoms with Gasteiger partial charge in [0.25, 0.3) is 0 Å². The van der Waals surface area contributed by atoms with Gasteiger partial charge in [-0.25, -0.2) is 27.9 Å². The molecule has 0 bridgehead atoms. The summed E-state index contributed by atoms with van der Waals surface area (Å²) in [4.78, 5) is 24.0. The predicted octanol–water partition coefficient (Wildman–Crippen LogP) is 5.77. The Balaban J connectivity index is 1.76. The van der Waals surface area contributed by atoms with Gasteiger partial charge in [-0.3, -0.25) is 9.55 Å². The number of nitrogens with zero attached hydrogens (tertiary/aromatic N) is 4. The summed E-state index contributed by atoms with van der Waals surface area (Å²) < 4.78 is 59.5. The van der Waals surface area contributed by atoms with Crippen LogP contribution in [0.4, 0.5) is 17.6 Å². The first kappa shape index (κ1) is 21.2. The van der Waals surface area contributed by atoms with Crippen LogP contribution in [-0.2, 0) is 0 Å². The molecule has 0 spiro atoms. The molecule has 2 aromatic carbocycles. The second-order valence-electron chi connectivity index (χ2n) is 8.32. The molecule has 0 unspecified atom stereocenters. The van der Waals surface area contributed by atoms with E-state index in [0.29, 0.717) is 5.82 Å². The molecule has 3 heterocycles. The molecule has 0 saturated heterocycles. The second-order valence-corrected chi connectivity index (χ2v) is 8.32. The zero-order valence-electron chi connectivity index (χ0n) is 17.8. The Kier molecular flexibility index (Phi) is 4.60. The predicted molar refractivity (Wildman–Crippen MR) is 118 cm³/mol. The Labute approximate surface area is 194 Å². The zero-order chi connectivity index (χ0) is 24.4. The van der Waals surface area contributed by atoms with Gasteiger partial charge in [0, 0.05) is 23.9 Å². The number of carbonyl (C=O) groups is 1. The fourth-order valence-electron chi connectivity index (χ4n) is 4.39. The van der Waals surface area contributed by atoms with Crippen LogP contribution in [0.2, 0.25) is 0 Å². The molecule has 5 aromatic rings. The van der Waals surface area contributed by atoms with Crippen molar-refractivity contribution < 1.29 is 27.5 Å². The molecular formula is C25H14F4N4O2. The van der Waals surface area contributed by atoms with Gasteiger partial charge < -0.3 is 5.11 Å². The first-order chi connectivity index (χ1) is 16.8. The first-order valence-corrected chi connectivity index (χ1v) is 10.7. The lowest BCUT2D eigenvalue weighted by Gasteiger charge is -2.14. The average Bonchev–Trinajstić information content (AvgIpc) is 3.62. The lowest BCUT2D eigenvalue weighted by atomic mass is 10.0. The van der Waals surface area contributed by atoms with Crippen LogP contribution in [0.15, 0.2) is 48.8 Å². The smallest absolute Gasteiger partial charge is 0.337 e. The number of hydrogen-bond acceptors (Lipinski definition) is 4. The topological polar surface area (TPSA) is 80.9 Å². The quantitative estimate of drug-likeness (QED) is 0.262. The highest BCUT2D eigenvalue weighted by molar-refractivity contribution is 6.04. The zero-order valence-corrected chi connectivity index (χ0v) is 17.8. The van der Waals surface area contributed by atoms with E-state index in [4.69, 9.17) is 0 Å². The molecule has 10 heteroatoms. The van der Waals surface area contributed by atoms with Crippen LogP contribution in [0.25, 0.3) is 38.8 Å². The molecule has 0 amide bonds. The molecule has 1 fully saturated rings. The summed E-state index contributed by atoms with van der Waals surface area (Å²) >= 11 is 0. The van der Waals surface area contributed by atoms with Gasteiger partial charge in [0.05, 0.1) is 22.2 Å². The molecule has 1 aliphatic carbocycles. The maximum atomic E-state index is 15.0. The molecule has 1 N–H and O–H groups in total. The molecule has 0 radical (unpaired) electrons. The Morgan fingerprint density at radius 3 is 2.43 bits per heavy atom. The van der Waals surface area contributed by atoms with Crippen molar-refractivity contribution in [3.05, 3.63) is 83.6 Å². The molecule has 35 heavy (non-hydrogen) atoms. The van der Waals surface area contributed by atoms with E-state index in [1.54, 1.807) is 4.57 Å². The first-order valence-electron chi connectivity index (χ1n) is 10.7. The highest BCUT2D eigenvalue weighted by Crippen LogP contribution is 2.44. The van der Waals surface area contributed by atoms with E-state index in [9.17, 15) is 27.5 Å². The molecule has 0 aliphatic heterocycles. The lowest BCUT2D eigenvalue weighted by molar-refractivity contribution is 0.0699. The van der Waals surface area contributed by atoms with E-state index in [0.717, 1.165) is 31.2 Å². The average molecular weight is 478 g/mol. The molecule has 0 atom stereocenters. The fourth-order valence-corrected chi connectivity index (χ4v) is 4.39. The molecule has 6 nitrogen and oxygen atoms in total. The van der Waals surface area contributed by atoms with Gasteiger partial charge in [-0.2, -0.15) is 4.39 Å². The van der Waals surface area contributed by atoms with Crippen LogP contribution in [0.1, 0.15) is 34.9 Å². The molecule has 1 aliphatic rings. The van der Waals surface area contributed by atoms with Crippen LogP contribution in [0.3, 0.4) is 0 Å². The van der Waals surface area contributed by atoms with Crippen LogP contribution in [-0.4, -0.2) is 30.6 Å². The number of halogens is 4. The minimum atomic E-state index is -1.33. The number of imidazole rings is 1. The molecule has 3 aromatic heterocycles. The van der Waals surface area contributed by atoms with Crippen molar-refractivity contribution in [3.63, 3.8) is 0 Å². The summed E-state index contributed by atoms with van der Waals surface area (Å²) in [6, 6.07) is 7.34. The fraction of sp³-hybridized carbons (Fsp3) is 0.120. The SMILES string of the molecule is O=C(O)c1cc(-c2ccnc(F)c2F)cc2c1nc(C1CC1)n2-c1ccnc2c(F)ccc(F)c12. The van der Waals surface area contributed by atoms with E-state index < -0.39 is 29.4 Å². The van der Waals surface area contributed by atoms with Crippen LogP contribution >= 0.6 is 0 Å². The maximum absolute atomic E-state index is 15.0. The summed E-state index contributed by atoms with van der Waals surface area (Å²) in [5.41, 5.74) is -0.00917. The number of hydrogen-bond donors (Lipinski definition) is 1. The third-order valence-electron chi connectivity index (χ3n) is 6.13. The van der Waals surface area contributed by atoms with Gasteiger partial charge in [0.15, 0.2) is 5.82 Å². The minimum absolute atomic E-state index is 0.0255. The number of rotatable bonds is 4. The largest absolute Gasteiger partial charge is 0.478 e. The molecule has 174 valence electrons. The number of benzene rings is 2. The number of fused-ring (bicyclic) bond motifs is 2. The van der Waals surface area contributed by atoms with Crippen molar-refractivity contribution in [2.24, 2.45) is 0 Å². The van der Waals surface area contributed by atoms with Gasteiger partial charge in [0.2, 0.25) is 5.95 Å². The number of aromatic nitrogens is 4. The molecule has 6 rings (SSSR count). The van der Waals surface area contributed by atoms with Crippen molar-refractivity contribution in [2.75, 3.05) is 0 Å². The standard InChI is InChI=1S/C25H14F4N4O2/c26-15-3-4-16(27)22-19(15)17(6-8-30-22)33-18-10-12(13-5-7-31-23(29)20(13)28)9-14(25(34)35)21(18)32-24(33)11-1-2-11/h3-11H,1-2H2,(H,34,35). The van der Waals surface area contributed by atoms with Crippen molar-refractivity contribution in [1.29, 1.82) is 0 Å². The number of pyridine rings is 2. The summed E-state index contributed by atoms with van der Waals surface area (Å²) in [5.74, 6) is -4.88. The number of carboxylic acids is 1. The number of aromatic carboxylic acids is 1. The van der Waals surface area contributed by atoms with Crippen molar-refractivity contribution in [2.45, 2.75) is 18.8 Å². The van der Waals surface area contributed by atoms with Gasteiger partial charge in [0.1, 0.15) is 28.5 Å². The van der Waals surface area contributed by atoms with Crippen LogP contribution in [0.5, 0.6) is 0 Å². The van der Waals surface area contributed by atoms with E-state index in [-0.39, 0.29) is 50.2 Å². The molecular weight excluding hydrogens is 464 g/mol. The normalized spacial score (nSPS) is 13.6. The second kappa shape index (κ2) is 7.59. The van der Waals surface area contributed by atoms with E-state index in [2.05, 4.69) is 15.0 Å². The van der Waals surface area contributed by atoms with E-state index in [1.165, 1.54) is 30.5 Å². The van der Waals surface area contributed by atoms with E-state index >= 15 is 0 Å². The van der Waals surface area contributed by atoms with Crippen LogP contribution < -0.4 is 0 Å². The molecule has 1 saturated carbocycles.